The van der Waals surface area contributed by atoms with Crippen molar-refractivity contribution in [3.8, 4) is 10.4 Å². The second-order valence-corrected chi connectivity index (χ2v) is 8.13. The van der Waals surface area contributed by atoms with Gasteiger partial charge < -0.3 is 15.0 Å². The molecule has 0 radical (unpaired) electrons. The molecule has 0 aliphatic carbocycles. The molecular weight excluding hydrogens is 388 g/mol. The highest BCUT2D eigenvalue weighted by atomic mass is 32.1. The molecule has 2 heterocycles. The third kappa shape index (κ3) is 3.41. The van der Waals surface area contributed by atoms with E-state index in [0.29, 0.717) is 15.7 Å². The number of nitrogens with zero attached hydrogens (tertiary/aromatic N) is 1. The number of rotatable bonds is 3. The van der Waals surface area contributed by atoms with Gasteiger partial charge in [0.2, 0.25) is 0 Å². The lowest BCUT2D eigenvalue weighted by atomic mass is 10.1. The van der Waals surface area contributed by atoms with Crippen LogP contribution in [0.3, 0.4) is 0 Å². The minimum atomic E-state index is -0.376. The second kappa shape index (κ2) is 7.73. The number of hydrogen-bond donors (Lipinski definition) is 1. The van der Waals surface area contributed by atoms with Gasteiger partial charge in [0.15, 0.2) is 5.11 Å². The van der Waals surface area contributed by atoms with E-state index >= 15 is 0 Å². The highest BCUT2D eigenvalue weighted by molar-refractivity contribution is 7.80. The summed E-state index contributed by atoms with van der Waals surface area (Å²) in [4.78, 5) is 15.4. The summed E-state index contributed by atoms with van der Waals surface area (Å²) in [6.45, 7) is 2.15. The third-order valence-corrected chi connectivity index (χ3v) is 6.24. The topological polar surface area (TPSA) is 41.6 Å². The molecule has 1 N–H and O–H groups in total. The van der Waals surface area contributed by atoms with Gasteiger partial charge in [0.05, 0.1) is 12.7 Å². The fraction of sp³-hybridized carbons (Fsp3) is 0.182. The van der Waals surface area contributed by atoms with E-state index in [2.05, 4.69) is 29.3 Å². The maximum Gasteiger partial charge on any atom is 0.340 e. The number of carbonyl (C=O) groups excluding carboxylic acids is 1. The number of ether oxygens (including phenoxy) is 1. The Morgan fingerprint density at radius 2 is 1.89 bits per heavy atom. The van der Waals surface area contributed by atoms with Crippen LogP contribution >= 0.6 is 23.6 Å². The summed E-state index contributed by atoms with van der Waals surface area (Å²) >= 11 is 7.23. The van der Waals surface area contributed by atoms with Crippen LogP contribution in [0, 0.1) is 0 Å². The largest absolute Gasteiger partial charge is 0.465 e. The SMILES string of the molecule is COC(=O)c1cc(-c2ccccc2)sc1NC(=S)N1c2ccccc2C[C@H]1C. The molecule has 4 nitrogen and oxygen atoms in total. The van der Waals surface area contributed by atoms with Crippen molar-refractivity contribution < 1.29 is 9.53 Å². The van der Waals surface area contributed by atoms with Crippen LogP contribution in [0.4, 0.5) is 10.7 Å². The van der Waals surface area contributed by atoms with E-state index in [4.69, 9.17) is 17.0 Å². The molecular formula is C22H20N2O2S2. The molecule has 4 rings (SSSR count). The average molecular weight is 409 g/mol. The van der Waals surface area contributed by atoms with Crippen molar-refractivity contribution in [1.29, 1.82) is 0 Å². The van der Waals surface area contributed by atoms with E-state index in [0.717, 1.165) is 22.5 Å². The van der Waals surface area contributed by atoms with Crippen molar-refractivity contribution in [2.75, 3.05) is 17.3 Å². The quantitative estimate of drug-likeness (QED) is 0.467. The van der Waals surface area contributed by atoms with Crippen molar-refractivity contribution >= 4 is 45.3 Å². The standard InChI is InChI=1S/C22H20N2O2S2/c1-14-12-16-10-6-7-11-18(16)24(14)22(27)23-20-17(21(25)26-2)13-19(28-20)15-8-4-3-5-9-15/h3-11,13-14H,12H2,1-2H3,(H,23,27)/t14-/m1/s1. The summed E-state index contributed by atoms with van der Waals surface area (Å²) in [6, 6.07) is 20.4. The Hall–Kier alpha value is -2.70. The minimum Gasteiger partial charge on any atom is -0.465 e. The summed E-state index contributed by atoms with van der Waals surface area (Å²) in [5, 5.41) is 4.59. The molecule has 2 aromatic carbocycles. The molecule has 142 valence electrons. The van der Waals surface area contributed by atoms with Crippen molar-refractivity contribution in [2.24, 2.45) is 0 Å². The first-order chi connectivity index (χ1) is 13.6. The second-order valence-electron chi connectivity index (χ2n) is 6.69. The highest BCUT2D eigenvalue weighted by Crippen LogP contribution is 2.37. The van der Waals surface area contributed by atoms with Crippen molar-refractivity contribution in [2.45, 2.75) is 19.4 Å². The normalized spacial score (nSPS) is 15.2. The number of esters is 1. The summed E-state index contributed by atoms with van der Waals surface area (Å²) in [6.07, 6.45) is 0.946. The summed E-state index contributed by atoms with van der Waals surface area (Å²) in [5.74, 6) is -0.376. The maximum absolute atomic E-state index is 12.3. The van der Waals surface area contributed by atoms with E-state index in [-0.39, 0.29) is 12.0 Å². The number of hydrogen-bond acceptors (Lipinski definition) is 4. The van der Waals surface area contributed by atoms with Gasteiger partial charge in [0, 0.05) is 16.6 Å². The number of nitrogens with one attached hydrogen (secondary N) is 1. The van der Waals surface area contributed by atoms with Gasteiger partial charge in [-0.25, -0.2) is 4.79 Å². The summed E-state index contributed by atoms with van der Waals surface area (Å²) < 4.78 is 4.98. The Morgan fingerprint density at radius 1 is 1.18 bits per heavy atom. The van der Waals surface area contributed by atoms with Gasteiger partial charge in [-0.1, -0.05) is 48.5 Å². The summed E-state index contributed by atoms with van der Waals surface area (Å²) in [5.41, 5.74) is 3.95. The van der Waals surface area contributed by atoms with Gasteiger partial charge in [0.25, 0.3) is 0 Å². The monoisotopic (exact) mass is 408 g/mol. The number of thiophene rings is 1. The van der Waals surface area contributed by atoms with Crippen LogP contribution in [0.25, 0.3) is 10.4 Å². The Labute approximate surface area is 173 Å². The Kier molecular flexibility index (Phi) is 5.15. The molecule has 28 heavy (non-hydrogen) atoms. The number of methoxy groups -OCH3 is 1. The molecule has 0 saturated heterocycles. The number of para-hydroxylation sites is 1. The average Bonchev–Trinajstić information content (AvgIpc) is 3.28. The van der Waals surface area contributed by atoms with Crippen LogP contribution < -0.4 is 10.2 Å². The lowest BCUT2D eigenvalue weighted by Gasteiger charge is -2.25. The zero-order chi connectivity index (χ0) is 19.7. The molecule has 0 saturated carbocycles. The van der Waals surface area contributed by atoms with Crippen molar-refractivity contribution in [3.63, 3.8) is 0 Å². The van der Waals surface area contributed by atoms with Crippen LogP contribution in [0.1, 0.15) is 22.8 Å². The first-order valence-electron chi connectivity index (χ1n) is 9.04. The first-order valence-corrected chi connectivity index (χ1v) is 10.3. The zero-order valence-corrected chi connectivity index (χ0v) is 17.3. The molecule has 0 amide bonds. The number of anilines is 2. The van der Waals surface area contributed by atoms with Gasteiger partial charge in [-0.15, -0.1) is 11.3 Å². The third-order valence-electron chi connectivity index (χ3n) is 4.84. The van der Waals surface area contributed by atoms with Crippen LogP contribution in [0.5, 0.6) is 0 Å². The van der Waals surface area contributed by atoms with E-state index in [1.165, 1.54) is 24.0 Å². The fourth-order valence-electron chi connectivity index (χ4n) is 3.52. The number of fused-ring (bicyclic) bond motifs is 1. The maximum atomic E-state index is 12.3. The van der Waals surface area contributed by atoms with Gasteiger partial charge in [0.1, 0.15) is 5.00 Å². The number of thiocarbonyl (C=S) groups is 1. The summed E-state index contributed by atoms with van der Waals surface area (Å²) in [7, 11) is 1.39. The lowest BCUT2D eigenvalue weighted by molar-refractivity contribution is 0.0602. The van der Waals surface area contributed by atoms with Crippen LogP contribution in [0.2, 0.25) is 0 Å². The number of benzene rings is 2. The first kappa shape index (κ1) is 18.7. The van der Waals surface area contributed by atoms with Crippen molar-refractivity contribution in [1.82, 2.24) is 0 Å². The molecule has 1 aromatic heterocycles. The van der Waals surface area contributed by atoms with E-state index in [9.17, 15) is 4.79 Å². The molecule has 0 bridgehead atoms. The Morgan fingerprint density at radius 3 is 2.64 bits per heavy atom. The van der Waals surface area contributed by atoms with Crippen LogP contribution in [-0.2, 0) is 11.2 Å². The predicted molar refractivity (Wildman–Crippen MR) is 119 cm³/mol. The van der Waals surface area contributed by atoms with Gasteiger partial charge >= 0.3 is 5.97 Å². The Balaban J connectivity index is 1.66. The minimum absolute atomic E-state index is 0.257. The van der Waals surface area contributed by atoms with Gasteiger partial charge in [-0.05, 0) is 48.8 Å². The molecule has 0 spiro atoms. The molecule has 0 unspecified atom stereocenters. The molecule has 1 atom stereocenters. The molecule has 0 fully saturated rings. The highest BCUT2D eigenvalue weighted by Gasteiger charge is 2.29. The van der Waals surface area contributed by atoms with Crippen molar-refractivity contribution in [3.05, 3.63) is 71.8 Å². The molecule has 1 aliphatic heterocycles. The smallest absolute Gasteiger partial charge is 0.340 e. The Bertz CT molecular complexity index is 1030. The molecule has 1 aliphatic rings. The van der Waals surface area contributed by atoms with Gasteiger partial charge in [-0.3, -0.25) is 0 Å². The molecule has 3 aromatic rings. The van der Waals surface area contributed by atoms with E-state index in [1.54, 1.807) is 0 Å². The van der Waals surface area contributed by atoms with E-state index in [1.807, 2.05) is 48.5 Å². The van der Waals surface area contributed by atoms with Crippen LogP contribution in [-0.4, -0.2) is 24.2 Å². The number of carbonyl (C=O) groups is 1. The zero-order valence-electron chi connectivity index (χ0n) is 15.6. The lowest BCUT2D eigenvalue weighted by Crippen LogP contribution is -2.38. The van der Waals surface area contributed by atoms with E-state index < -0.39 is 0 Å². The fourth-order valence-corrected chi connectivity index (χ4v) is 5.02. The van der Waals surface area contributed by atoms with Crippen LogP contribution in [0.15, 0.2) is 60.7 Å². The van der Waals surface area contributed by atoms with Gasteiger partial charge in [-0.2, -0.15) is 0 Å². The predicted octanol–water partition coefficient (Wildman–Crippen LogP) is 5.35. The molecule has 6 heteroatoms.